The molecule has 5 rings (SSSR count). The third-order valence-corrected chi connectivity index (χ3v) is 7.43. The largest absolute Gasteiger partial charge is 0.480 e. The molecule has 2 aromatic heterocycles. The Morgan fingerprint density at radius 3 is 2.72 bits per heavy atom. The van der Waals surface area contributed by atoms with Crippen molar-refractivity contribution in [3.8, 4) is 11.6 Å². The molecule has 3 aromatic rings. The predicted molar refractivity (Wildman–Crippen MR) is 137 cm³/mol. The summed E-state index contributed by atoms with van der Waals surface area (Å²) in [7, 11) is 0. The average Bonchev–Trinajstić information content (AvgIpc) is 3.49. The first kappa shape index (κ1) is 26.9. The summed E-state index contributed by atoms with van der Waals surface area (Å²) in [5.41, 5.74) is 7.40. The first-order valence-corrected chi connectivity index (χ1v) is 12.7. The number of anilines is 1. The Morgan fingerprint density at radius 2 is 2.10 bits per heavy atom. The second-order valence-corrected chi connectivity index (χ2v) is 10.4. The first-order valence-electron chi connectivity index (χ1n) is 12.3. The molecular weight excluding hydrogens is 537 g/mol. The van der Waals surface area contributed by atoms with Crippen molar-refractivity contribution in [2.45, 2.75) is 50.9 Å². The number of alkyl halides is 3. The van der Waals surface area contributed by atoms with Crippen LogP contribution >= 0.6 is 11.6 Å². The summed E-state index contributed by atoms with van der Waals surface area (Å²) in [5.74, 6) is -1.43. The highest BCUT2D eigenvalue weighted by atomic mass is 35.5. The molecule has 1 fully saturated rings. The number of carbonyl (C=O) groups is 1. The SMILES string of the molecule is Cc1ccn(-c2cc(Cl)ccc2[C@@H](Oc2cc(C3=CC[C@]4(CC3)CN[C@@H](C(=O)O)C4)nc(N)n2)C(F)(F)F)n1. The van der Waals surface area contributed by atoms with Crippen molar-refractivity contribution in [3.63, 3.8) is 0 Å². The number of nitrogens with zero attached hydrogens (tertiary/aromatic N) is 4. The van der Waals surface area contributed by atoms with Gasteiger partial charge in [-0.25, -0.2) is 9.67 Å². The quantitative estimate of drug-likeness (QED) is 0.387. The standard InChI is InChI=1S/C26H26ClF3N6O3/c1-14-6-9-36(35-14)20-10-16(27)2-3-17(20)22(26(28,29)30)39-21-11-18(33-24(31)34-21)15-4-7-25(8-5-15)12-19(23(37)38)32-13-25/h2-4,6,9-11,19,22,32H,5,7-8,12-13H2,1H3,(H,37,38)(H2,31,33,34)/t19-,22-,25-/m1/s1. The van der Waals surface area contributed by atoms with Crippen molar-refractivity contribution in [2.75, 3.05) is 12.3 Å². The highest BCUT2D eigenvalue weighted by Gasteiger charge is 2.45. The second-order valence-electron chi connectivity index (χ2n) is 10.0. The average molecular weight is 563 g/mol. The number of hydrogen-bond donors (Lipinski definition) is 3. The van der Waals surface area contributed by atoms with E-state index >= 15 is 0 Å². The molecule has 0 saturated carbocycles. The van der Waals surface area contributed by atoms with E-state index in [1.54, 1.807) is 19.2 Å². The molecule has 9 nitrogen and oxygen atoms in total. The van der Waals surface area contributed by atoms with Gasteiger partial charge in [-0.1, -0.05) is 23.7 Å². The Kier molecular flexibility index (Phi) is 7.02. The maximum absolute atomic E-state index is 14.4. The van der Waals surface area contributed by atoms with Gasteiger partial charge in [-0.15, -0.1) is 0 Å². The van der Waals surface area contributed by atoms with Gasteiger partial charge >= 0.3 is 12.1 Å². The van der Waals surface area contributed by atoms with E-state index in [2.05, 4.69) is 20.4 Å². The number of aromatic nitrogens is 4. The molecule has 3 atom stereocenters. The summed E-state index contributed by atoms with van der Waals surface area (Å²) >= 11 is 6.11. The van der Waals surface area contributed by atoms with Gasteiger partial charge in [0.2, 0.25) is 17.9 Å². The molecule has 1 spiro atoms. The van der Waals surface area contributed by atoms with Crippen molar-refractivity contribution in [1.29, 1.82) is 0 Å². The minimum Gasteiger partial charge on any atom is -0.480 e. The zero-order valence-electron chi connectivity index (χ0n) is 20.9. The molecule has 0 radical (unpaired) electrons. The number of aliphatic carboxylic acids is 1. The van der Waals surface area contributed by atoms with Crippen LogP contribution in [0.1, 0.15) is 48.7 Å². The molecule has 0 amide bonds. The number of benzene rings is 1. The molecule has 1 aromatic carbocycles. The number of aryl methyl sites for hydroxylation is 1. The molecule has 13 heteroatoms. The Labute approximate surface area is 226 Å². The molecular formula is C26H26ClF3N6O3. The first-order chi connectivity index (χ1) is 18.4. The van der Waals surface area contributed by atoms with Crippen molar-refractivity contribution in [1.82, 2.24) is 25.1 Å². The summed E-state index contributed by atoms with van der Waals surface area (Å²) in [6.07, 6.45) is -1.32. The lowest BCUT2D eigenvalue weighted by Crippen LogP contribution is -2.30. The summed E-state index contributed by atoms with van der Waals surface area (Å²) in [5, 5.41) is 16.8. The minimum atomic E-state index is -4.81. The van der Waals surface area contributed by atoms with Crippen LogP contribution in [0.2, 0.25) is 5.02 Å². The Bertz CT molecular complexity index is 1440. The van der Waals surface area contributed by atoms with E-state index in [-0.39, 0.29) is 33.5 Å². The Hall–Kier alpha value is -3.64. The zero-order valence-corrected chi connectivity index (χ0v) is 21.6. The van der Waals surface area contributed by atoms with Crippen LogP contribution in [-0.4, -0.2) is 49.6 Å². The molecule has 39 heavy (non-hydrogen) atoms. The molecule has 0 bridgehead atoms. The number of nitrogens with two attached hydrogens (primary N) is 1. The lowest BCUT2D eigenvalue weighted by Gasteiger charge is -2.31. The number of carboxylic acids is 1. The monoisotopic (exact) mass is 562 g/mol. The third kappa shape index (κ3) is 5.71. The number of hydrogen-bond acceptors (Lipinski definition) is 7. The van der Waals surface area contributed by atoms with Crippen LogP contribution in [0.15, 0.2) is 42.6 Å². The van der Waals surface area contributed by atoms with Gasteiger partial charge in [-0.3, -0.25) is 4.79 Å². The number of nitrogens with one attached hydrogen (secondary N) is 1. The Balaban J connectivity index is 1.44. The normalized spacial score (nSPS) is 22.1. The van der Waals surface area contributed by atoms with E-state index in [0.717, 1.165) is 5.57 Å². The summed E-state index contributed by atoms with van der Waals surface area (Å²) in [6, 6.07) is 6.42. The number of rotatable bonds is 6. The number of nitrogen functional groups attached to an aromatic ring is 1. The molecule has 1 saturated heterocycles. The molecule has 1 aliphatic carbocycles. The molecule has 0 unspecified atom stereocenters. The highest BCUT2D eigenvalue weighted by Crippen LogP contribution is 2.45. The molecule has 3 heterocycles. The van der Waals surface area contributed by atoms with Gasteiger partial charge in [0.05, 0.1) is 17.1 Å². The predicted octanol–water partition coefficient (Wildman–Crippen LogP) is 4.89. The highest BCUT2D eigenvalue weighted by molar-refractivity contribution is 6.30. The summed E-state index contributed by atoms with van der Waals surface area (Å²) in [6.45, 7) is 2.31. The lowest BCUT2D eigenvalue weighted by atomic mass is 9.73. The van der Waals surface area contributed by atoms with Gasteiger partial charge in [0, 0.05) is 29.4 Å². The van der Waals surface area contributed by atoms with Gasteiger partial charge in [0.25, 0.3) is 0 Å². The van der Waals surface area contributed by atoms with Crippen LogP contribution in [0.3, 0.4) is 0 Å². The van der Waals surface area contributed by atoms with E-state index in [9.17, 15) is 23.1 Å². The molecule has 4 N–H and O–H groups in total. The fraction of sp³-hybridized carbons (Fsp3) is 0.385. The van der Waals surface area contributed by atoms with Gasteiger partial charge < -0.3 is 20.9 Å². The van der Waals surface area contributed by atoms with E-state index in [1.165, 1.54) is 28.9 Å². The van der Waals surface area contributed by atoms with E-state index in [1.807, 2.05) is 6.08 Å². The maximum Gasteiger partial charge on any atom is 0.429 e. The van der Waals surface area contributed by atoms with Crippen LogP contribution in [0.25, 0.3) is 11.3 Å². The zero-order chi connectivity index (χ0) is 27.9. The van der Waals surface area contributed by atoms with Crippen LogP contribution in [-0.2, 0) is 4.79 Å². The number of carboxylic acid groups (broad SMARTS) is 1. The van der Waals surface area contributed by atoms with Crippen LogP contribution in [0, 0.1) is 12.3 Å². The molecule has 1 aliphatic heterocycles. The number of allylic oxidation sites excluding steroid dienone is 2. The molecule has 2 aliphatic rings. The fourth-order valence-corrected chi connectivity index (χ4v) is 5.36. The van der Waals surface area contributed by atoms with Crippen molar-refractivity contribution < 1.29 is 27.8 Å². The van der Waals surface area contributed by atoms with Crippen molar-refractivity contribution in [2.24, 2.45) is 5.41 Å². The number of ether oxygens (including phenoxy) is 1. The topological polar surface area (TPSA) is 128 Å². The minimum absolute atomic E-state index is 0.116. The van der Waals surface area contributed by atoms with Crippen LogP contribution in [0.5, 0.6) is 5.88 Å². The van der Waals surface area contributed by atoms with Crippen molar-refractivity contribution in [3.05, 3.63) is 64.6 Å². The Morgan fingerprint density at radius 1 is 1.31 bits per heavy atom. The number of halogens is 4. The molecule has 206 valence electrons. The van der Waals surface area contributed by atoms with Crippen LogP contribution in [0.4, 0.5) is 19.1 Å². The lowest BCUT2D eigenvalue weighted by molar-refractivity contribution is -0.198. The summed E-state index contributed by atoms with van der Waals surface area (Å²) in [4.78, 5) is 19.5. The van der Waals surface area contributed by atoms with E-state index in [4.69, 9.17) is 22.1 Å². The van der Waals surface area contributed by atoms with Gasteiger partial charge in [-0.05, 0) is 61.8 Å². The second kappa shape index (κ2) is 10.2. The third-order valence-electron chi connectivity index (χ3n) is 7.19. The van der Waals surface area contributed by atoms with E-state index < -0.39 is 24.3 Å². The van der Waals surface area contributed by atoms with Crippen LogP contribution < -0.4 is 15.8 Å². The van der Waals surface area contributed by atoms with Crippen molar-refractivity contribution >= 4 is 29.1 Å². The van der Waals surface area contributed by atoms with Gasteiger partial charge in [0.15, 0.2) is 0 Å². The van der Waals surface area contributed by atoms with Gasteiger partial charge in [-0.2, -0.15) is 23.3 Å². The smallest absolute Gasteiger partial charge is 0.429 e. The summed E-state index contributed by atoms with van der Waals surface area (Å²) < 4.78 is 49.9. The fourth-order valence-electron chi connectivity index (χ4n) is 5.20. The maximum atomic E-state index is 14.4. The van der Waals surface area contributed by atoms with E-state index in [0.29, 0.717) is 43.6 Å². The van der Waals surface area contributed by atoms with Gasteiger partial charge in [0.1, 0.15) is 6.04 Å².